The average Bonchev–Trinajstić information content (AvgIpc) is 2.81. The lowest BCUT2D eigenvalue weighted by molar-refractivity contribution is 0.0771. The highest BCUT2D eigenvalue weighted by Gasteiger charge is 2.16. The van der Waals surface area contributed by atoms with Crippen LogP contribution >= 0.6 is 27.3 Å². The number of alkyl halides is 1. The zero-order valence-electron chi connectivity index (χ0n) is 10.4. The van der Waals surface area contributed by atoms with Crippen molar-refractivity contribution in [1.82, 2.24) is 4.90 Å². The number of carbonyl (C=O) groups is 1. The van der Waals surface area contributed by atoms with Crippen LogP contribution in [0.3, 0.4) is 0 Å². The number of carbonyl (C=O) groups excluding carboxylic acids is 1. The SMILES string of the molecule is CCCN(CCBr)C(=O)c1cc2ccccc2s1. The molecule has 4 heteroatoms. The molecule has 0 aliphatic heterocycles. The molecule has 96 valence electrons. The lowest BCUT2D eigenvalue weighted by Gasteiger charge is -2.20. The molecule has 18 heavy (non-hydrogen) atoms. The summed E-state index contributed by atoms with van der Waals surface area (Å²) in [5.74, 6) is 0.150. The second-order valence-corrected chi connectivity index (χ2v) is 6.01. The molecule has 0 bridgehead atoms. The Morgan fingerprint density at radius 1 is 1.33 bits per heavy atom. The van der Waals surface area contributed by atoms with Crippen LogP contribution in [0.1, 0.15) is 23.0 Å². The van der Waals surface area contributed by atoms with E-state index in [1.165, 1.54) is 4.70 Å². The van der Waals surface area contributed by atoms with Gasteiger partial charge in [0, 0.05) is 23.1 Å². The number of fused-ring (bicyclic) bond motifs is 1. The summed E-state index contributed by atoms with van der Waals surface area (Å²) in [5, 5.41) is 1.98. The highest BCUT2D eigenvalue weighted by Crippen LogP contribution is 2.26. The fourth-order valence-electron chi connectivity index (χ4n) is 1.93. The Kier molecular flexibility index (Phi) is 4.78. The first-order valence-electron chi connectivity index (χ1n) is 6.10. The minimum atomic E-state index is 0.150. The molecule has 0 saturated carbocycles. The molecule has 0 fully saturated rings. The van der Waals surface area contributed by atoms with Crippen LogP contribution in [0.5, 0.6) is 0 Å². The van der Waals surface area contributed by atoms with Crippen molar-refractivity contribution in [2.24, 2.45) is 0 Å². The summed E-state index contributed by atoms with van der Waals surface area (Å²) >= 11 is 4.98. The number of halogens is 1. The molecular formula is C14H16BrNOS. The molecule has 0 radical (unpaired) electrons. The predicted octanol–water partition coefficient (Wildman–Crippen LogP) is 4.15. The first-order valence-corrected chi connectivity index (χ1v) is 8.04. The minimum absolute atomic E-state index is 0.150. The number of thiophene rings is 1. The number of rotatable bonds is 5. The Balaban J connectivity index is 2.25. The van der Waals surface area contributed by atoms with E-state index in [4.69, 9.17) is 0 Å². The number of benzene rings is 1. The summed E-state index contributed by atoms with van der Waals surface area (Å²) in [6.45, 7) is 3.68. The smallest absolute Gasteiger partial charge is 0.263 e. The van der Waals surface area contributed by atoms with Crippen molar-refractivity contribution in [2.75, 3.05) is 18.4 Å². The third-order valence-electron chi connectivity index (χ3n) is 2.77. The average molecular weight is 326 g/mol. The fourth-order valence-corrected chi connectivity index (χ4v) is 3.39. The minimum Gasteiger partial charge on any atom is -0.337 e. The fraction of sp³-hybridized carbons (Fsp3) is 0.357. The van der Waals surface area contributed by atoms with E-state index in [9.17, 15) is 4.79 Å². The molecule has 0 aliphatic rings. The molecule has 0 saturated heterocycles. The Morgan fingerprint density at radius 2 is 2.11 bits per heavy atom. The van der Waals surface area contributed by atoms with Crippen LogP contribution in [0, 0.1) is 0 Å². The molecule has 2 rings (SSSR count). The maximum Gasteiger partial charge on any atom is 0.263 e. The molecule has 1 aromatic carbocycles. The van der Waals surface area contributed by atoms with Gasteiger partial charge in [0.15, 0.2) is 0 Å². The van der Waals surface area contributed by atoms with Gasteiger partial charge in [-0.15, -0.1) is 11.3 Å². The van der Waals surface area contributed by atoms with Gasteiger partial charge in [-0.1, -0.05) is 41.1 Å². The summed E-state index contributed by atoms with van der Waals surface area (Å²) in [5.41, 5.74) is 0. The van der Waals surface area contributed by atoms with Crippen LogP contribution in [-0.2, 0) is 0 Å². The molecule has 0 atom stereocenters. The van der Waals surface area contributed by atoms with Crippen molar-refractivity contribution >= 4 is 43.3 Å². The molecule has 1 amide bonds. The van der Waals surface area contributed by atoms with Crippen LogP contribution in [-0.4, -0.2) is 29.2 Å². The zero-order valence-corrected chi connectivity index (χ0v) is 12.8. The van der Waals surface area contributed by atoms with Gasteiger partial charge in [0.25, 0.3) is 5.91 Å². The van der Waals surface area contributed by atoms with E-state index in [0.29, 0.717) is 0 Å². The summed E-state index contributed by atoms with van der Waals surface area (Å²) in [6, 6.07) is 10.1. The number of nitrogens with zero attached hydrogens (tertiary/aromatic N) is 1. The van der Waals surface area contributed by atoms with Gasteiger partial charge in [-0.3, -0.25) is 4.79 Å². The molecule has 0 unspecified atom stereocenters. The predicted molar refractivity (Wildman–Crippen MR) is 81.8 cm³/mol. The lowest BCUT2D eigenvalue weighted by Crippen LogP contribution is -2.32. The molecular weight excluding hydrogens is 310 g/mol. The maximum absolute atomic E-state index is 12.4. The van der Waals surface area contributed by atoms with E-state index in [-0.39, 0.29) is 5.91 Å². The third-order valence-corrected chi connectivity index (χ3v) is 4.23. The van der Waals surface area contributed by atoms with E-state index in [0.717, 1.165) is 35.1 Å². The number of amides is 1. The highest BCUT2D eigenvalue weighted by molar-refractivity contribution is 9.09. The molecule has 1 heterocycles. The third kappa shape index (κ3) is 2.93. The normalized spacial score (nSPS) is 10.8. The monoisotopic (exact) mass is 325 g/mol. The van der Waals surface area contributed by atoms with Crippen molar-refractivity contribution < 1.29 is 4.79 Å². The van der Waals surface area contributed by atoms with Crippen LogP contribution < -0.4 is 0 Å². The van der Waals surface area contributed by atoms with E-state index in [1.54, 1.807) is 11.3 Å². The van der Waals surface area contributed by atoms with Gasteiger partial charge >= 0.3 is 0 Å². The van der Waals surface area contributed by atoms with E-state index in [2.05, 4.69) is 35.0 Å². The first-order chi connectivity index (χ1) is 8.76. The molecule has 0 spiro atoms. The second kappa shape index (κ2) is 6.34. The number of hydrogen-bond acceptors (Lipinski definition) is 2. The summed E-state index contributed by atoms with van der Waals surface area (Å²) in [7, 11) is 0. The molecule has 2 aromatic rings. The van der Waals surface area contributed by atoms with Gasteiger partial charge in [-0.05, 0) is 23.9 Å². The van der Waals surface area contributed by atoms with Gasteiger partial charge in [0.05, 0.1) is 4.88 Å². The van der Waals surface area contributed by atoms with Crippen molar-refractivity contribution in [1.29, 1.82) is 0 Å². The lowest BCUT2D eigenvalue weighted by atomic mass is 10.2. The summed E-state index contributed by atoms with van der Waals surface area (Å²) in [4.78, 5) is 15.2. The van der Waals surface area contributed by atoms with Crippen LogP contribution in [0.2, 0.25) is 0 Å². The first kappa shape index (κ1) is 13.6. The largest absolute Gasteiger partial charge is 0.337 e. The molecule has 0 N–H and O–H groups in total. The Labute approximate surface area is 120 Å². The zero-order chi connectivity index (χ0) is 13.0. The maximum atomic E-state index is 12.4. The molecule has 1 aromatic heterocycles. The molecule has 0 aliphatic carbocycles. The van der Waals surface area contributed by atoms with Gasteiger partial charge in [-0.2, -0.15) is 0 Å². The quantitative estimate of drug-likeness (QED) is 0.756. The second-order valence-electron chi connectivity index (χ2n) is 4.13. The van der Waals surface area contributed by atoms with E-state index in [1.807, 2.05) is 23.1 Å². The van der Waals surface area contributed by atoms with Crippen LogP contribution in [0.25, 0.3) is 10.1 Å². The van der Waals surface area contributed by atoms with Crippen molar-refractivity contribution in [2.45, 2.75) is 13.3 Å². The summed E-state index contributed by atoms with van der Waals surface area (Å²) in [6.07, 6.45) is 0.990. The Morgan fingerprint density at radius 3 is 2.78 bits per heavy atom. The Hall–Kier alpha value is -0.870. The standard InChI is InChI=1S/C14H16BrNOS/c1-2-8-16(9-7-15)14(17)13-10-11-5-3-4-6-12(11)18-13/h3-6,10H,2,7-9H2,1H3. The molecule has 2 nitrogen and oxygen atoms in total. The van der Waals surface area contributed by atoms with Crippen LogP contribution in [0.4, 0.5) is 0 Å². The van der Waals surface area contributed by atoms with Crippen molar-refractivity contribution in [3.05, 3.63) is 35.2 Å². The summed E-state index contributed by atoms with van der Waals surface area (Å²) < 4.78 is 1.18. The van der Waals surface area contributed by atoms with Crippen molar-refractivity contribution in [3.8, 4) is 0 Å². The van der Waals surface area contributed by atoms with Gasteiger partial charge in [-0.25, -0.2) is 0 Å². The van der Waals surface area contributed by atoms with Gasteiger partial charge < -0.3 is 4.90 Å². The Bertz CT molecular complexity index is 498. The van der Waals surface area contributed by atoms with Crippen LogP contribution in [0.15, 0.2) is 30.3 Å². The highest BCUT2D eigenvalue weighted by atomic mass is 79.9. The van der Waals surface area contributed by atoms with Crippen molar-refractivity contribution in [3.63, 3.8) is 0 Å². The van der Waals surface area contributed by atoms with Gasteiger partial charge in [0.1, 0.15) is 0 Å². The van der Waals surface area contributed by atoms with E-state index < -0.39 is 0 Å². The topological polar surface area (TPSA) is 20.3 Å². The van der Waals surface area contributed by atoms with E-state index >= 15 is 0 Å². The number of hydrogen-bond donors (Lipinski definition) is 0. The van der Waals surface area contributed by atoms with Gasteiger partial charge in [0.2, 0.25) is 0 Å².